The van der Waals surface area contributed by atoms with Crippen LogP contribution in [0.4, 0.5) is 0 Å². The number of ether oxygens (including phenoxy) is 1. The van der Waals surface area contributed by atoms with Crippen LogP contribution in [0.1, 0.15) is 30.4 Å². The van der Waals surface area contributed by atoms with Gasteiger partial charge in [-0.2, -0.15) is 22.7 Å². The molecule has 3 rings (SSSR count). The molecule has 5 heteroatoms. The lowest BCUT2D eigenvalue weighted by molar-refractivity contribution is -0.151. The Balaban J connectivity index is 1.98. The summed E-state index contributed by atoms with van der Waals surface area (Å²) >= 11 is 3.19. The van der Waals surface area contributed by atoms with E-state index in [0.29, 0.717) is 13.0 Å². The summed E-state index contributed by atoms with van der Waals surface area (Å²) in [4.78, 5) is 24.8. The topological polar surface area (TPSA) is 43.4 Å². The SMILES string of the molecule is CCOC(=O)C1C(=O)C=C(c2ccsc2)CC1c1ccsc1. The van der Waals surface area contributed by atoms with Gasteiger partial charge in [-0.25, -0.2) is 0 Å². The van der Waals surface area contributed by atoms with Gasteiger partial charge in [0, 0.05) is 5.92 Å². The molecule has 0 bridgehead atoms. The highest BCUT2D eigenvalue weighted by Crippen LogP contribution is 2.41. The molecule has 114 valence electrons. The Bertz CT molecular complexity index is 684. The summed E-state index contributed by atoms with van der Waals surface area (Å²) in [7, 11) is 0. The highest BCUT2D eigenvalue weighted by molar-refractivity contribution is 7.08. The second-order valence-corrected chi connectivity index (χ2v) is 6.74. The maximum Gasteiger partial charge on any atom is 0.317 e. The third kappa shape index (κ3) is 2.91. The van der Waals surface area contributed by atoms with E-state index in [1.54, 1.807) is 35.7 Å². The normalized spacial score (nSPS) is 21.5. The van der Waals surface area contributed by atoms with Crippen LogP contribution in [0.25, 0.3) is 5.57 Å². The third-order valence-corrected chi connectivity index (χ3v) is 5.25. The quantitative estimate of drug-likeness (QED) is 0.624. The molecule has 2 atom stereocenters. The summed E-state index contributed by atoms with van der Waals surface area (Å²) in [5.74, 6) is -1.43. The van der Waals surface area contributed by atoms with Crippen molar-refractivity contribution in [1.29, 1.82) is 0 Å². The Labute approximate surface area is 137 Å². The van der Waals surface area contributed by atoms with Gasteiger partial charge in [-0.1, -0.05) is 0 Å². The first-order valence-corrected chi connectivity index (χ1v) is 9.05. The second kappa shape index (κ2) is 6.58. The van der Waals surface area contributed by atoms with E-state index in [2.05, 4.69) is 0 Å². The van der Waals surface area contributed by atoms with Crippen LogP contribution in [0.2, 0.25) is 0 Å². The highest BCUT2D eigenvalue weighted by atomic mass is 32.1. The van der Waals surface area contributed by atoms with Crippen LogP contribution in [0.5, 0.6) is 0 Å². The van der Waals surface area contributed by atoms with Gasteiger partial charge in [0.1, 0.15) is 5.92 Å². The number of hydrogen-bond acceptors (Lipinski definition) is 5. The number of rotatable bonds is 4. The standard InChI is InChI=1S/C17H16O3S2/c1-2-20-17(19)16-14(12-4-6-22-10-12)7-13(8-15(16)18)11-3-5-21-9-11/h3-6,8-10,14,16H,2,7H2,1H3. The monoisotopic (exact) mass is 332 g/mol. The van der Waals surface area contributed by atoms with Crippen LogP contribution in [-0.4, -0.2) is 18.4 Å². The number of hydrogen-bond donors (Lipinski definition) is 0. The zero-order chi connectivity index (χ0) is 15.5. The highest BCUT2D eigenvalue weighted by Gasteiger charge is 2.39. The lowest BCUT2D eigenvalue weighted by Crippen LogP contribution is -2.33. The molecule has 0 saturated carbocycles. The van der Waals surface area contributed by atoms with Crippen LogP contribution >= 0.6 is 22.7 Å². The van der Waals surface area contributed by atoms with Gasteiger partial charge in [0.2, 0.25) is 0 Å². The fraction of sp³-hybridized carbons (Fsp3) is 0.294. The molecule has 2 unspecified atom stereocenters. The Morgan fingerprint density at radius 1 is 1.27 bits per heavy atom. The smallest absolute Gasteiger partial charge is 0.317 e. The van der Waals surface area contributed by atoms with Crippen LogP contribution in [0, 0.1) is 5.92 Å². The molecule has 0 fully saturated rings. The fourth-order valence-corrected chi connectivity index (χ4v) is 4.24. The minimum absolute atomic E-state index is 0.141. The zero-order valence-electron chi connectivity index (χ0n) is 12.2. The van der Waals surface area contributed by atoms with Crippen molar-refractivity contribution in [1.82, 2.24) is 0 Å². The number of thiophene rings is 2. The average Bonchev–Trinajstić information content (AvgIpc) is 3.20. The maximum absolute atomic E-state index is 12.6. The van der Waals surface area contributed by atoms with Gasteiger partial charge >= 0.3 is 5.97 Å². The molecule has 0 radical (unpaired) electrons. The summed E-state index contributed by atoms with van der Waals surface area (Å²) in [6.45, 7) is 2.05. The maximum atomic E-state index is 12.6. The van der Waals surface area contributed by atoms with E-state index in [1.807, 2.05) is 33.7 Å². The molecular formula is C17H16O3S2. The Morgan fingerprint density at radius 3 is 2.68 bits per heavy atom. The van der Waals surface area contributed by atoms with Crippen LogP contribution in [0.3, 0.4) is 0 Å². The van der Waals surface area contributed by atoms with Crippen molar-refractivity contribution in [2.45, 2.75) is 19.3 Å². The molecule has 1 aliphatic carbocycles. The Kier molecular flexibility index (Phi) is 4.55. The van der Waals surface area contributed by atoms with E-state index >= 15 is 0 Å². The van der Waals surface area contributed by atoms with E-state index in [9.17, 15) is 9.59 Å². The van der Waals surface area contributed by atoms with Gasteiger partial charge in [0.05, 0.1) is 6.61 Å². The van der Waals surface area contributed by atoms with Gasteiger partial charge < -0.3 is 4.74 Å². The fourth-order valence-electron chi connectivity index (χ4n) is 2.83. The van der Waals surface area contributed by atoms with Gasteiger partial charge in [-0.05, 0) is 69.8 Å². The van der Waals surface area contributed by atoms with Crippen molar-refractivity contribution in [3.05, 3.63) is 50.9 Å². The molecule has 2 aromatic rings. The Morgan fingerprint density at radius 2 is 2.05 bits per heavy atom. The summed E-state index contributed by atoms with van der Waals surface area (Å²) < 4.78 is 5.12. The number of carbonyl (C=O) groups excluding carboxylic acids is 2. The summed E-state index contributed by atoms with van der Waals surface area (Å²) in [5.41, 5.74) is 3.11. The zero-order valence-corrected chi connectivity index (χ0v) is 13.8. The molecule has 2 aromatic heterocycles. The second-order valence-electron chi connectivity index (χ2n) is 5.18. The van der Waals surface area contributed by atoms with Crippen LogP contribution in [-0.2, 0) is 14.3 Å². The molecule has 0 saturated heterocycles. The van der Waals surface area contributed by atoms with Gasteiger partial charge in [-0.15, -0.1) is 0 Å². The van der Waals surface area contributed by atoms with Crippen molar-refractivity contribution >= 4 is 40.0 Å². The van der Waals surface area contributed by atoms with Gasteiger partial charge in [0.25, 0.3) is 0 Å². The molecule has 0 aromatic carbocycles. The molecule has 3 nitrogen and oxygen atoms in total. The molecule has 1 aliphatic rings. The lowest BCUT2D eigenvalue weighted by Gasteiger charge is -2.28. The first-order valence-electron chi connectivity index (χ1n) is 7.16. The largest absolute Gasteiger partial charge is 0.465 e. The number of esters is 1. The lowest BCUT2D eigenvalue weighted by atomic mass is 9.74. The number of ketones is 1. The van der Waals surface area contributed by atoms with Crippen molar-refractivity contribution in [2.24, 2.45) is 5.92 Å². The van der Waals surface area contributed by atoms with E-state index in [-0.39, 0.29) is 11.7 Å². The first-order chi connectivity index (χ1) is 10.7. The number of carbonyl (C=O) groups is 2. The summed E-state index contributed by atoms with van der Waals surface area (Å²) in [6.07, 6.45) is 2.30. The van der Waals surface area contributed by atoms with Crippen molar-refractivity contribution in [3.8, 4) is 0 Å². The summed E-state index contributed by atoms with van der Waals surface area (Å²) in [5, 5.41) is 8.03. The van der Waals surface area contributed by atoms with Crippen LogP contribution in [0.15, 0.2) is 39.7 Å². The predicted octanol–water partition coefficient (Wildman–Crippen LogP) is 4.13. The van der Waals surface area contributed by atoms with Crippen molar-refractivity contribution in [3.63, 3.8) is 0 Å². The summed E-state index contributed by atoms with van der Waals surface area (Å²) in [6, 6.07) is 4.00. The van der Waals surface area contributed by atoms with Crippen molar-refractivity contribution in [2.75, 3.05) is 6.61 Å². The molecule has 0 spiro atoms. The molecular weight excluding hydrogens is 316 g/mol. The van der Waals surface area contributed by atoms with E-state index < -0.39 is 11.9 Å². The molecule has 0 aliphatic heterocycles. The third-order valence-electron chi connectivity index (χ3n) is 3.87. The molecule has 22 heavy (non-hydrogen) atoms. The van der Waals surface area contributed by atoms with E-state index in [4.69, 9.17) is 4.74 Å². The Hall–Kier alpha value is -1.72. The molecule has 0 amide bonds. The first kappa shape index (κ1) is 15.2. The van der Waals surface area contributed by atoms with E-state index in [0.717, 1.165) is 16.7 Å². The van der Waals surface area contributed by atoms with Gasteiger partial charge in [0.15, 0.2) is 5.78 Å². The van der Waals surface area contributed by atoms with Crippen molar-refractivity contribution < 1.29 is 14.3 Å². The average molecular weight is 332 g/mol. The van der Waals surface area contributed by atoms with Gasteiger partial charge in [-0.3, -0.25) is 9.59 Å². The predicted molar refractivity (Wildman–Crippen MR) is 89.1 cm³/mol. The van der Waals surface area contributed by atoms with E-state index in [1.165, 1.54) is 0 Å². The molecule has 0 N–H and O–H groups in total. The molecule has 2 heterocycles. The number of allylic oxidation sites excluding steroid dienone is 2. The minimum Gasteiger partial charge on any atom is -0.465 e. The van der Waals surface area contributed by atoms with Crippen LogP contribution < -0.4 is 0 Å². The minimum atomic E-state index is -0.725.